The van der Waals surface area contributed by atoms with Crippen molar-refractivity contribution in [1.82, 2.24) is 0 Å². The number of hydrogen-bond donors (Lipinski definition) is 2. The Balaban J connectivity index is 1.94. The molecule has 1 heterocycles. The number of hydrogen-bond acceptors (Lipinski definition) is 3. The molecule has 1 atom stereocenters. The lowest BCUT2D eigenvalue weighted by atomic mass is 10.1. The molecule has 0 aromatic heterocycles. The molecule has 1 aliphatic rings. The zero-order valence-corrected chi connectivity index (χ0v) is 10.9. The number of nitrogens with two attached hydrogens (primary N) is 1. The second-order valence-corrected chi connectivity index (χ2v) is 5.91. The predicted molar refractivity (Wildman–Crippen MR) is 72.5 cm³/mol. The van der Waals surface area contributed by atoms with Crippen molar-refractivity contribution in [3.8, 4) is 0 Å². The second-order valence-electron chi connectivity index (χ2n) is 3.84. The van der Waals surface area contributed by atoms with E-state index in [0.29, 0.717) is 0 Å². The minimum atomic E-state index is 0.799. The molecule has 1 aromatic carbocycles. The van der Waals surface area contributed by atoms with Crippen LogP contribution in [0, 0.1) is 5.92 Å². The molecular weight excluding hydrogens is 272 g/mol. The monoisotopic (exact) mass is 286 g/mol. The Morgan fingerprint density at radius 2 is 2.40 bits per heavy atom. The molecule has 0 bridgehead atoms. The van der Waals surface area contributed by atoms with Crippen LogP contribution in [0.4, 0.5) is 11.4 Å². The third kappa shape index (κ3) is 3.05. The fourth-order valence-corrected chi connectivity index (χ4v) is 3.33. The zero-order chi connectivity index (χ0) is 10.7. The molecule has 1 unspecified atom stereocenters. The van der Waals surface area contributed by atoms with Crippen LogP contribution in [-0.4, -0.2) is 18.1 Å². The van der Waals surface area contributed by atoms with Crippen LogP contribution in [0.3, 0.4) is 0 Å². The van der Waals surface area contributed by atoms with Crippen molar-refractivity contribution in [2.24, 2.45) is 5.92 Å². The lowest BCUT2D eigenvalue weighted by Gasteiger charge is -2.13. The van der Waals surface area contributed by atoms with Gasteiger partial charge in [0.25, 0.3) is 0 Å². The predicted octanol–water partition coefficient (Wildman–Crippen LogP) is 3.20. The number of benzene rings is 1. The summed E-state index contributed by atoms with van der Waals surface area (Å²) in [6, 6.07) is 5.93. The molecule has 1 fully saturated rings. The van der Waals surface area contributed by atoms with Crippen molar-refractivity contribution < 1.29 is 0 Å². The number of nitrogen functional groups attached to an aromatic ring is 1. The van der Waals surface area contributed by atoms with Gasteiger partial charge in [-0.15, -0.1) is 0 Å². The molecule has 0 spiro atoms. The van der Waals surface area contributed by atoms with E-state index in [4.69, 9.17) is 5.73 Å². The Labute approximate surface area is 103 Å². The largest absolute Gasteiger partial charge is 0.397 e. The Morgan fingerprint density at radius 1 is 1.53 bits per heavy atom. The molecule has 1 aliphatic heterocycles. The number of nitrogens with one attached hydrogen (secondary N) is 1. The molecule has 0 aliphatic carbocycles. The molecule has 15 heavy (non-hydrogen) atoms. The quantitative estimate of drug-likeness (QED) is 0.838. The van der Waals surface area contributed by atoms with Gasteiger partial charge in [-0.2, -0.15) is 11.8 Å². The average molecular weight is 287 g/mol. The van der Waals surface area contributed by atoms with E-state index in [-0.39, 0.29) is 0 Å². The van der Waals surface area contributed by atoms with Crippen LogP contribution in [-0.2, 0) is 0 Å². The summed E-state index contributed by atoms with van der Waals surface area (Å²) in [4.78, 5) is 0. The maximum absolute atomic E-state index is 5.89. The minimum Gasteiger partial charge on any atom is -0.397 e. The normalized spacial score (nSPS) is 20.5. The van der Waals surface area contributed by atoms with Crippen LogP contribution in [0.1, 0.15) is 6.42 Å². The highest BCUT2D eigenvalue weighted by Crippen LogP contribution is 2.26. The summed E-state index contributed by atoms with van der Waals surface area (Å²) in [6.45, 7) is 1.04. The standard InChI is InChI=1S/C11H15BrN2S/c12-9-1-2-10(13)11(5-9)14-6-8-3-4-15-7-8/h1-2,5,8,14H,3-4,6-7,13H2. The summed E-state index contributed by atoms with van der Waals surface area (Å²) in [5, 5.41) is 3.43. The third-order valence-electron chi connectivity index (χ3n) is 2.62. The summed E-state index contributed by atoms with van der Waals surface area (Å²) in [5.41, 5.74) is 7.75. The molecule has 1 saturated heterocycles. The minimum absolute atomic E-state index is 0.799. The fourth-order valence-electron chi connectivity index (χ4n) is 1.68. The molecule has 0 saturated carbocycles. The molecule has 3 N–H and O–H groups in total. The lowest BCUT2D eigenvalue weighted by molar-refractivity contribution is 0.632. The number of rotatable bonds is 3. The van der Waals surface area contributed by atoms with E-state index < -0.39 is 0 Å². The fraction of sp³-hybridized carbons (Fsp3) is 0.455. The van der Waals surface area contributed by atoms with Crippen LogP contribution in [0.2, 0.25) is 0 Å². The Kier molecular flexibility index (Phi) is 3.81. The number of thioether (sulfide) groups is 1. The van der Waals surface area contributed by atoms with E-state index in [0.717, 1.165) is 28.3 Å². The van der Waals surface area contributed by atoms with Crippen molar-refractivity contribution in [2.75, 3.05) is 29.1 Å². The molecule has 0 amide bonds. The van der Waals surface area contributed by atoms with Crippen LogP contribution in [0.25, 0.3) is 0 Å². The highest BCUT2D eigenvalue weighted by Gasteiger charge is 2.15. The van der Waals surface area contributed by atoms with E-state index in [1.165, 1.54) is 17.9 Å². The van der Waals surface area contributed by atoms with Gasteiger partial charge in [0.05, 0.1) is 11.4 Å². The van der Waals surface area contributed by atoms with Crippen LogP contribution in [0.15, 0.2) is 22.7 Å². The van der Waals surface area contributed by atoms with Gasteiger partial charge in [-0.3, -0.25) is 0 Å². The van der Waals surface area contributed by atoms with E-state index in [1.54, 1.807) is 0 Å². The van der Waals surface area contributed by atoms with Crippen LogP contribution < -0.4 is 11.1 Å². The summed E-state index contributed by atoms with van der Waals surface area (Å²) < 4.78 is 1.07. The highest BCUT2D eigenvalue weighted by atomic mass is 79.9. The molecule has 82 valence electrons. The van der Waals surface area contributed by atoms with Gasteiger partial charge in [0.1, 0.15) is 0 Å². The maximum atomic E-state index is 5.89. The molecule has 0 radical (unpaired) electrons. The first-order valence-electron chi connectivity index (χ1n) is 5.12. The van der Waals surface area contributed by atoms with E-state index in [1.807, 2.05) is 30.0 Å². The summed E-state index contributed by atoms with van der Waals surface area (Å²) in [6.07, 6.45) is 1.32. The molecule has 2 rings (SSSR count). The number of anilines is 2. The van der Waals surface area contributed by atoms with E-state index in [2.05, 4.69) is 21.2 Å². The van der Waals surface area contributed by atoms with Crippen LogP contribution >= 0.6 is 27.7 Å². The van der Waals surface area contributed by atoms with Gasteiger partial charge >= 0.3 is 0 Å². The lowest BCUT2D eigenvalue weighted by Crippen LogP contribution is -2.14. The summed E-state index contributed by atoms with van der Waals surface area (Å²) in [7, 11) is 0. The first kappa shape index (κ1) is 11.1. The van der Waals surface area contributed by atoms with Crippen molar-refractivity contribution in [3.63, 3.8) is 0 Å². The number of halogens is 1. The van der Waals surface area contributed by atoms with Crippen molar-refractivity contribution >= 4 is 39.1 Å². The summed E-state index contributed by atoms with van der Waals surface area (Å²) in [5.74, 6) is 3.38. The average Bonchev–Trinajstić information content (AvgIpc) is 2.72. The van der Waals surface area contributed by atoms with Crippen molar-refractivity contribution in [3.05, 3.63) is 22.7 Å². The molecular formula is C11H15BrN2S. The SMILES string of the molecule is Nc1ccc(Br)cc1NCC1CCSC1. The maximum Gasteiger partial charge on any atom is 0.0585 e. The first-order valence-corrected chi connectivity index (χ1v) is 7.07. The van der Waals surface area contributed by atoms with Gasteiger partial charge in [0.15, 0.2) is 0 Å². The van der Waals surface area contributed by atoms with E-state index in [9.17, 15) is 0 Å². The van der Waals surface area contributed by atoms with Crippen molar-refractivity contribution in [1.29, 1.82) is 0 Å². The third-order valence-corrected chi connectivity index (χ3v) is 4.35. The van der Waals surface area contributed by atoms with E-state index >= 15 is 0 Å². The second kappa shape index (κ2) is 5.12. The van der Waals surface area contributed by atoms with Gasteiger partial charge in [-0.25, -0.2) is 0 Å². The zero-order valence-electron chi connectivity index (χ0n) is 8.50. The van der Waals surface area contributed by atoms with Crippen molar-refractivity contribution in [2.45, 2.75) is 6.42 Å². The van der Waals surface area contributed by atoms with Crippen LogP contribution in [0.5, 0.6) is 0 Å². The molecule has 4 heteroatoms. The summed E-state index contributed by atoms with van der Waals surface area (Å²) >= 11 is 5.49. The highest BCUT2D eigenvalue weighted by molar-refractivity contribution is 9.10. The molecule has 2 nitrogen and oxygen atoms in total. The van der Waals surface area contributed by atoms with Gasteiger partial charge in [0.2, 0.25) is 0 Å². The first-order chi connectivity index (χ1) is 7.25. The molecule has 1 aromatic rings. The Bertz CT molecular complexity index is 337. The Morgan fingerprint density at radius 3 is 3.13 bits per heavy atom. The van der Waals surface area contributed by atoms with Gasteiger partial charge in [0, 0.05) is 11.0 Å². The van der Waals surface area contributed by atoms with Gasteiger partial charge in [-0.1, -0.05) is 15.9 Å². The van der Waals surface area contributed by atoms with Gasteiger partial charge in [-0.05, 0) is 42.0 Å². The van der Waals surface area contributed by atoms with Gasteiger partial charge < -0.3 is 11.1 Å². The Hall–Kier alpha value is -0.350. The smallest absolute Gasteiger partial charge is 0.0585 e. The topological polar surface area (TPSA) is 38.0 Å².